The average molecular weight is 507 g/mol. The van der Waals surface area contributed by atoms with E-state index < -0.39 is 5.97 Å². The Morgan fingerprint density at radius 1 is 0.919 bits per heavy atom. The number of hydrogen-bond acceptors (Lipinski definition) is 3. The lowest BCUT2D eigenvalue weighted by Gasteiger charge is -2.29. The molecule has 2 aliphatic rings. The Hall–Kier alpha value is -2.46. The van der Waals surface area contributed by atoms with Gasteiger partial charge in [-0.15, -0.1) is 0 Å². The fourth-order valence-corrected chi connectivity index (χ4v) is 6.23. The Morgan fingerprint density at radius 3 is 2.16 bits per heavy atom. The molecule has 2 fully saturated rings. The summed E-state index contributed by atoms with van der Waals surface area (Å²) in [4.78, 5) is 11.8. The second kappa shape index (κ2) is 13.4. The molecule has 0 saturated heterocycles. The Kier molecular flexibility index (Phi) is 9.96. The fraction of sp³-hybridized carbons (Fsp3) is 0.545. The molecule has 0 radical (unpaired) electrons. The molecule has 0 spiro atoms. The van der Waals surface area contributed by atoms with Crippen molar-refractivity contribution in [2.24, 2.45) is 5.92 Å². The van der Waals surface area contributed by atoms with E-state index in [1.54, 1.807) is 6.07 Å². The van der Waals surface area contributed by atoms with E-state index >= 15 is 4.39 Å². The highest BCUT2D eigenvalue weighted by atomic mass is 19.1. The molecule has 0 amide bonds. The number of ether oxygens (including phenoxy) is 1. The average Bonchev–Trinajstić information content (AvgIpc) is 2.93. The van der Waals surface area contributed by atoms with Crippen molar-refractivity contribution in [1.29, 1.82) is 0 Å². The Balaban J connectivity index is 1.30. The summed E-state index contributed by atoms with van der Waals surface area (Å²) in [7, 11) is 0. The van der Waals surface area contributed by atoms with Crippen molar-refractivity contribution < 1.29 is 19.0 Å². The molecule has 0 heterocycles. The summed E-state index contributed by atoms with van der Waals surface area (Å²) in [6.07, 6.45) is 13.6. The molecule has 0 unspecified atom stereocenters. The maximum absolute atomic E-state index is 15.2. The summed E-state index contributed by atoms with van der Waals surface area (Å²) < 4.78 is 20.7. The van der Waals surface area contributed by atoms with Crippen LogP contribution in [0.4, 0.5) is 4.39 Å². The fourth-order valence-electron chi connectivity index (χ4n) is 6.23. The van der Waals surface area contributed by atoms with Gasteiger partial charge >= 0.3 is 5.97 Å². The van der Waals surface area contributed by atoms with Gasteiger partial charge in [0.25, 0.3) is 0 Å². The zero-order chi connectivity index (χ0) is 26.2. The van der Waals surface area contributed by atoms with Crippen molar-refractivity contribution in [2.45, 2.75) is 102 Å². The number of hydrogen-bond donors (Lipinski definition) is 1. The van der Waals surface area contributed by atoms with Crippen LogP contribution in [-0.4, -0.2) is 23.8 Å². The van der Waals surface area contributed by atoms with Crippen molar-refractivity contribution in [3.05, 3.63) is 71.6 Å². The maximum Gasteiger partial charge on any atom is 0.336 e. The number of benzene rings is 2. The molecule has 2 aliphatic carbocycles. The number of halogens is 1. The summed E-state index contributed by atoms with van der Waals surface area (Å²) in [5, 5.41) is 9.04. The molecule has 1 N–H and O–H groups in total. The van der Waals surface area contributed by atoms with Gasteiger partial charge < -0.3 is 9.84 Å². The molecule has 0 aliphatic heterocycles. The van der Waals surface area contributed by atoms with Gasteiger partial charge in [-0.1, -0.05) is 75.6 Å². The van der Waals surface area contributed by atoms with Crippen molar-refractivity contribution in [1.82, 2.24) is 0 Å². The number of rotatable bonds is 10. The molecule has 2 saturated carbocycles. The minimum atomic E-state index is -0.501. The lowest BCUT2D eigenvalue weighted by atomic mass is 9.77. The topological polar surface area (TPSA) is 46.5 Å². The van der Waals surface area contributed by atoms with Crippen LogP contribution in [-0.2, 0) is 9.53 Å². The molecular formula is C33H43FO3. The first kappa shape index (κ1) is 27.6. The zero-order valence-corrected chi connectivity index (χ0v) is 22.4. The van der Waals surface area contributed by atoms with Crippen molar-refractivity contribution in [3.63, 3.8) is 0 Å². The van der Waals surface area contributed by atoms with E-state index in [2.05, 4.69) is 31.7 Å². The minimum absolute atomic E-state index is 0.100. The van der Waals surface area contributed by atoms with Crippen molar-refractivity contribution >= 4 is 5.97 Å². The minimum Gasteiger partial charge on any atom is -0.459 e. The van der Waals surface area contributed by atoms with Crippen LogP contribution in [0.2, 0.25) is 0 Å². The van der Waals surface area contributed by atoms with E-state index in [1.807, 2.05) is 18.2 Å². The SMILES string of the molecule is C=C(CO)C(=O)OC1CCC(c2ccc(-c3ccc(C4CCC(CCCCC)CC4)cc3F)cc2)CC1. The van der Waals surface area contributed by atoms with Crippen LogP contribution in [0.3, 0.4) is 0 Å². The van der Waals surface area contributed by atoms with Crippen LogP contribution in [0.1, 0.15) is 107 Å². The van der Waals surface area contributed by atoms with Gasteiger partial charge in [-0.3, -0.25) is 0 Å². The van der Waals surface area contributed by atoms with E-state index in [4.69, 9.17) is 9.84 Å². The number of carbonyl (C=O) groups excluding carboxylic acids is 1. The normalized spacial score (nSPS) is 24.0. The van der Waals surface area contributed by atoms with Gasteiger partial charge in [0.2, 0.25) is 0 Å². The van der Waals surface area contributed by atoms with Gasteiger partial charge in [0.1, 0.15) is 11.9 Å². The molecule has 3 nitrogen and oxygen atoms in total. The van der Waals surface area contributed by atoms with E-state index in [0.717, 1.165) is 42.7 Å². The molecule has 4 heteroatoms. The Labute approximate surface area is 222 Å². The van der Waals surface area contributed by atoms with Gasteiger partial charge in [-0.05, 0) is 91.9 Å². The number of unbranched alkanes of at least 4 members (excludes halogenated alkanes) is 2. The van der Waals surface area contributed by atoms with Crippen molar-refractivity contribution in [3.8, 4) is 11.1 Å². The van der Waals surface area contributed by atoms with Crippen LogP contribution < -0.4 is 0 Å². The molecular weight excluding hydrogens is 463 g/mol. The number of aliphatic hydroxyl groups excluding tert-OH is 1. The standard InChI is InChI=1S/C33H43FO3/c1-3-4-5-6-24-7-9-27(10-8-24)29-17-20-31(32(34)21-29)28-13-11-25(12-14-28)26-15-18-30(19-16-26)37-33(36)23(2)22-35/h11-14,17,20-21,24,26-27,30,35H,2-10,15-16,18-19,22H2,1H3. The quantitative estimate of drug-likeness (QED) is 0.200. The van der Waals surface area contributed by atoms with E-state index in [-0.39, 0.29) is 24.1 Å². The van der Waals surface area contributed by atoms with Crippen molar-refractivity contribution in [2.75, 3.05) is 6.61 Å². The third-order valence-electron chi connectivity index (χ3n) is 8.65. The second-order valence-corrected chi connectivity index (χ2v) is 11.2. The highest BCUT2D eigenvalue weighted by molar-refractivity contribution is 5.88. The predicted octanol–water partition coefficient (Wildman–Crippen LogP) is 8.46. The summed E-state index contributed by atoms with van der Waals surface area (Å²) in [6, 6.07) is 14.2. The summed E-state index contributed by atoms with van der Waals surface area (Å²) in [5.74, 6) is 1.14. The van der Waals surface area contributed by atoms with Gasteiger partial charge in [-0.25, -0.2) is 9.18 Å². The van der Waals surface area contributed by atoms with Crippen LogP contribution in [0, 0.1) is 11.7 Å². The molecule has 0 aromatic heterocycles. The maximum atomic E-state index is 15.2. The van der Waals surface area contributed by atoms with Crippen LogP contribution >= 0.6 is 0 Å². The van der Waals surface area contributed by atoms with Crippen LogP contribution in [0.15, 0.2) is 54.6 Å². The summed E-state index contributed by atoms with van der Waals surface area (Å²) in [5.41, 5.74) is 4.09. The molecule has 4 rings (SSSR count). The Morgan fingerprint density at radius 2 is 1.54 bits per heavy atom. The summed E-state index contributed by atoms with van der Waals surface area (Å²) in [6.45, 7) is 5.42. The lowest BCUT2D eigenvalue weighted by molar-refractivity contribution is -0.146. The van der Waals surface area contributed by atoms with Gasteiger partial charge in [0.15, 0.2) is 0 Å². The van der Waals surface area contributed by atoms with Gasteiger partial charge in [0.05, 0.1) is 12.2 Å². The summed E-state index contributed by atoms with van der Waals surface area (Å²) >= 11 is 0. The highest BCUT2D eigenvalue weighted by Gasteiger charge is 2.26. The predicted molar refractivity (Wildman–Crippen MR) is 148 cm³/mol. The first-order valence-electron chi connectivity index (χ1n) is 14.4. The van der Waals surface area contributed by atoms with E-state index in [9.17, 15) is 4.79 Å². The molecule has 2 aromatic carbocycles. The first-order chi connectivity index (χ1) is 18.0. The highest BCUT2D eigenvalue weighted by Crippen LogP contribution is 2.39. The molecule has 200 valence electrons. The lowest BCUT2D eigenvalue weighted by Crippen LogP contribution is -2.25. The Bertz CT molecular complexity index is 1030. The smallest absolute Gasteiger partial charge is 0.336 e. The number of carbonyl (C=O) groups is 1. The first-order valence-corrected chi connectivity index (χ1v) is 14.4. The monoisotopic (exact) mass is 506 g/mol. The molecule has 0 bridgehead atoms. The van der Waals surface area contributed by atoms with E-state index in [0.29, 0.717) is 17.4 Å². The third kappa shape index (κ3) is 7.31. The number of aliphatic hydroxyl groups is 1. The third-order valence-corrected chi connectivity index (χ3v) is 8.65. The molecule has 37 heavy (non-hydrogen) atoms. The van der Waals surface area contributed by atoms with Crippen LogP contribution in [0.25, 0.3) is 11.1 Å². The molecule has 0 atom stereocenters. The van der Waals surface area contributed by atoms with Gasteiger partial charge in [-0.2, -0.15) is 0 Å². The van der Waals surface area contributed by atoms with Gasteiger partial charge in [0, 0.05) is 5.56 Å². The largest absolute Gasteiger partial charge is 0.459 e. The van der Waals surface area contributed by atoms with E-state index in [1.165, 1.54) is 56.9 Å². The number of esters is 1. The van der Waals surface area contributed by atoms with Crippen LogP contribution in [0.5, 0.6) is 0 Å². The second-order valence-electron chi connectivity index (χ2n) is 11.2. The molecule has 2 aromatic rings. The zero-order valence-electron chi connectivity index (χ0n) is 22.4.